The Morgan fingerprint density at radius 3 is 1.18 bits per heavy atom. The van der Waals surface area contributed by atoms with Crippen molar-refractivity contribution < 1.29 is 86.2 Å². The third kappa shape index (κ3) is 51.0. The second-order valence-electron chi connectivity index (χ2n) is 8.39. The fourth-order valence-corrected chi connectivity index (χ4v) is 3.43. The Labute approximate surface area is 249 Å². The van der Waals surface area contributed by atoms with Crippen LogP contribution in [-0.4, -0.2) is 30.1 Å². The van der Waals surface area contributed by atoms with Crippen LogP contribution in [0.5, 0.6) is 0 Å². The molecule has 0 aliphatic heterocycles. The third-order valence-corrected chi connectivity index (χ3v) is 5.25. The number of hydrogen-bond acceptors (Lipinski definition) is 6. The van der Waals surface area contributed by atoms with Gasteiger partial charge in [-0.1, -0.05) is 123 Å². The van der Waals surface area contributed by atoms with E-state index in [0.29, 0.717) is 13.0 Å². The molecule has 0 rings (SSSR count). The molecule has 0 atom stereocenters. The molecule has 0 spiro atoms. The van der Waals surface area contributed by atoms with Crippen molar-refractivity contribution in [1.29, 1.82) is 0 Å². The summed E-state index contributed by atoms with van der Waals surface area (Å²) in [5.41, 5.74) is 0. The number of esters is 1. The summed E-state index contributed by atoms with van der Waals surface area (Å²) in [4.78, 5) is 11.7. The minimum absolute atomic E-state index is 0. The molecule has 0 saturated heterocycles. The summed E-state index contributed by atoms with van der Waals surface area (Å²) in [7, 11) is -5.17. The van der Waals surface area contributed by atoms with E-state index in [9.17, 15) is 4.79 Å². The van der Waals surface area contributed by atoms with Crippen LogP contribution in [0.4, 0.5) is 0 Å². The molecule has 188 valence electrons. The van der Waals surface area contributed by atoms with E-state index in [4.69, 9.17) is 22.3 Å². The van der Waals surface area contributed by atoms with Gasteiger partial charge >= 0.3 is 65.1 Å². The largest absolute Gasteiger partial charge is 1.00 e. The second kappa shape index (κ2) is 33.3. The molecule has 9 heteroatoms. The van der Waals surface area contributed by atoms with Crippen LogP contribution in [0.3, 0.4) is 0 Å². The molecule has 0 saturated carbocycles. The monoisotopic (exact) mass is 510 g/mol. The van der Waals surface area contributed by atoms with Crippen molar-refractivity contribution in [2.24, 2.45) is 0 Å². The van der Waals surface area contributed by atoms with Gasteiger partial charge in [0.1, 0.15) is 0 Å². The fraction of sp³-hybridized carbons (Fsp3) is 0.958. The summed E-state index contributed by atoms with van der Waals surface area (Å²) in [5.74, 6) is 0.0175. The van der Waals surface area contributed by atoms with Crippen molar-refractivity contribution in [3.63, 3.8) is 0 Å². The molecular weight excluding hydrogens is 462 g/mol. The number of carbonyl (C=O) groups is 1. The molecular formula is C24H48Na2O6S. The van der Waals surface area contributed by atoms with Gasteiger partial charge < -0.3 is 13.8 Å². The Balaban J connectivity index is -0.000000539. The molecule has 0 bridgehead atoms. The molecule has 0 aliphatic carbocycles. The van der Waals surface area contributed by atoms with Crippen LogP contribution in [0, 0.1) is 0 Å². The Kier molecular flexibility index (Phi) is 41.9. The normalized spacial score (nSPS) is 10.4. The van der Waals surface area contributed by atoms with E-state index in [2.05, 4.69) is 13.8 Å². The maximum absolute atomic E-state index is 11.7. The fourth-order valence-electron chi connectivity index (χ4n) is 3.43. The molecule has 0 aromatic heterocycles. The summed E-state index contributed by atoms with van der Waals surface area (Å²) in [5, 5.41) is 0. The van der Waals surface area contributed by atoms with Crippen LogP contribution >= 0.6 is 0 Å². The first-order valence-corrected chi connectivity index (χ1v) is 14.0. The van der Waals surface area contributed by atoms with Crippen molar-refractivity contribution >= 4 is 16.4 Å². The van der Waals surface area contributed by atoms with Crippen LogP contribution < -0.4 is 59.1 Å². The summed E-state index contributed by atoms with van der Waals surface area (Å²) in [6.07, 6.45) is 25.5. The van der Waals surface area contributed by atoms with Crippen LogP contribution in [-0.2, 0) is 19.9 Å². The molecule has 0 fully saturated rings. The van der Waals surface area contributed by atoms with Gasteiger partial charge in [-0.3, -0.25) is 13.2 Å². The predicted octanol–water partition coefficient (Wildman–Crippen LogP) is 1.04. The van der Waals surface area contributed by atoms with Gasteiger partial charge in [-0.15, -0.1) is 0 Å². The Morgan fingerprint density at radius 2 is 0.848 bits per heavy atom. The summed E-state index contributed by atoms with van der Waals surface area (Å²) < 4.78 is 39.4. The van der Waals surface area contributed by atoms with Crippen molar-refractivity contribution in [2.75, 3.05) is 6.61 Å². The molecule has 0 radical (unpaired) electrons. The molecule has 0 amide bonds. The summed E-state index contributed by atoms with van der Waals surface area (Å²) in [6, 6.07) is 0. The Hall–Kier alpha value is 1.34. The standard InChI is InChI=1S/C24H48O2.2Na.H2O4S/c1-3-5-7-9-11-13-15-17-19-21-23-26-24(25)22-20-18-16-14-12-10-8-6-4-2;;;1-5(2,3)4/h3-23H2,1-2H3;;;(H2,1,2,3,4)/q;2*+1;/p-2. The predicted molar refractivity (Wildman–Crippen MR) is 125 cm³/mol. The Bertz CT molecular complexity index is 468. The van der Waals surface area contributed by atoms with Crippen LogP contribution in [0.25, 0.3) is 0 Å². The molecule has 0 aromatic carbocycles. The molecule has 0 aliphatic rings. The van der Waals surface area contributed by atoms with E-state index in [0.717, 1.165) is 12.8 Å². The maximum Gasteiger partial charge on any atom is 1.00 e. The zero-order valence-electron chi connectivity index (χ0n) is 22.2. The van der Waals surface area contributed by atoms with Crippen LogP contribution in [0.15, 0.2) is 0 Å². The molecule has 0 unspecified atom stereocenters. The minimum Gasteiger partial charge on any atom is -0.759 e. The molecule has 33 heavy (non-hydrogen) atoms. The van der Waals surface area contributed by atoms with E-state index >= 15 is 0 Å². The van der Waals surface area contributed by atoms with Crippen molar-refractivity contribution in [1.82, 2.24) is 0 Å². The number of unbranched alkanes of at least 4 members (excludes halogenated alkanes) is 17. The van der Waals surface area contributed by atoms with Crippen LogP contribution in [0.1, 0.15) is 142 Å². The van der Waals surface area contributed by atoms with Gasteiger partial charge in [-0.05, 0) is 12.8 Å². The zero-order valence-corrected chi connectivity index (χ0v) is 27.0. The first kappa shape index (κ1) is 41.5. The smallest absolute Gasteiger partial charge is 0.759 e. The van der Waals surface area contributed by atoms with E-state index in [1.807, 2.05) is 0 Å². The number of ether oxygens (including phenoxy) is 1. The SMILES string of the molecule is CCCCCCCCCCCCOC(=O)CCCCCCCCCCC.O=S(=O)([O-])[O-].[Na+].[Na+]. The topological polar surface area (TPSA) is 107 Å². The maximum atomic E-state index is 11.7. The third-order valence-electron chi connectivity index (χ3n) is 5.25. The number of hydrogen-bond donors (Lipinski definition) is 0. The first-order valence-electron chi connectivity index (χ1n) is 12.6. The van der Waals surface area contributed by atoms with Gasteiger partial charge in [0.05, 0.1) is 6.61 Å². The average molecular weight is 511 g/mol. The van der Waals surface area contributed by atoms with Gasteiger partial charge in [0.25, 0.3) is 0 Å². The molecule has 0 heterocycles. The number of rotatable bonds is 21. The van der Waals surface area contributed by atoms with Crippen molar-refractivity contribution in [2.45, 2.75) is 142 Å². The van der Waals surface area contributed by atoms with Crippen molar-refractivity contribution in [3.05, 3.63) is 0 Å². The van der Waals surface area contributed by atoms with Gasteiger partial charge in [0.2, 0.25) is 0 Å². The van der Waals surface area contributed by atoms with Gasteiger partial charge in [-0.25, -0.2) is 0 Å². The molecule has 0 N–H and O–H groups in total. The van der Waals surface area contributed by atoms with Crippen LogP contribution in [0.2, 0.25) is 0 Å². The van der Waals surface area contributed by atoms with Gasteiger partial charge in [0.15, 0.2) is 0 Å². The van der Waals surface area contributed by atoms with Gasteiger partial charge in [-0.2, -0.15) is 0 Å². The van der Waals surface area contributed by atoms with Gasteiger partial charge in [0, 0.05) is 16.8 Å². The van der Waals surface area contributed by atoms with E-state index in [1.165, 1.54) is 109 Å². The average Bonchev–Trinajstić information content (AvgIpc) is 2.69. The van der Waals surface area contributed by atoms with E-state index in [1.54, 1.807) is 0 Å². The van der Waals surface area contributed by atoms with Crippen molar-refractivity contribution in [3.8, 4) is 0 Å². The van der Waals surface area contributed by atoms with E-state index < -0.39 is 10.4 Å². The summed E-state index contributed by atoms with van der Waals surface area (Å²) in [6.45, 7) is 5.16. The molecule has 0 aromatic rings. The molecule has 6 nitrogen and oxygen atoms in total. The second-order valence-corrected chi connectivity index (χ2v) is 9.21. The Morgan fingerprint density at radius 1 is 0.576 bits per heavy atom. The zero-order chi connectivity index (χ0) is 23.6. The van der Waals surface area contributed by atoms with E-state index in [-0.39, 0.29) is 65.1 Å². The quantitative estimate of drug-likeness (QED) is 0.0751. The number of carbonyl (C=O) groups excluding carboxylic acids is 1. The minimum atomic E-state index is -5.17. The first-order chi connectivity index (χ1) is 14.8. The summed E-state index contributed by atoms with van der Waals surface area (Å²) >= 11 is 0.